The maximum absolute atomic E-state index is 12.8. The van der Waals surface area contributed by atoms with Crippen LogP contribution in [0, 0.1) is 0 Å². The molecule has 2 rings (SSSR count). The van der Waals surface area contributed by atoms with Crippen LogP contribution in [0.15, 0.2) is 48.5 Å². The van der Waals surface area contributed by atoms with Crippen LogP contribution in [0.5, 0.6) is 17.2 Å². The zero-order chi connectivity index (χ0) is 20.5. The molecule has 7 heteroatoms. The van der Waals surface area contributed by atoms with Crippen molar-refractivity contribution >= 4 is 11.8 Å². The second-order valence-corrected chi connectivity index (χ2v) is 6.12. The molecule has 2 aromatic rings. The second kappa shape index (κ2) is 10.2. The average Bonchev–Trinajstić information content (AvgIpc) is 2.75. The number of ether oxygens (including phenoxy) is 3. The van der Waals surface area contributed by atoms with E-state index in [1.54, 1.807) is 52.5 Å². The summed E-state index contributed by atoms with van der Waals surface area (Å²) in [5.41, 5.74) is 0.884. The molecule has 0 heterocycles. The minimum Gasteiger partial charge on any atom is -0.497 e. The van der Waals surface area contributed by atoms with E-state index < -0.39 is 6.04 Å². The number of amides is 2. The molecule has 0 bridgehead atoms. The van der Waals surface area contributed by atoms with Gasteiger partial charge in [0.25, 0.3) is 5.91 Å². The van der Waals surface area contributed by atoms with Crippen molar-refractivity contribution in [2.45, 2.75) is 19.5 Å². The van der Waals surface area contributed by atoms with Gasteiger partial charge in [0.05, 0.1) is 14.2 Å². The molecule has 0 spiro atoms. The van der Waals surface area contributed by atoms with Gasteiger partial charge in [-0.25, -0.2) is 0 Å². The Morgan fingerprint density at radius 1 is 0.929 bits per heavy atom. The summed E-state index contributed by atoms with van der Waals surface area (Å²) in [5.74, 6) is 1.44. The van der Waals surface area contributed by atoms with Crippen molar-refractivity contribution < 1.29 is 23.8 Å². The molecule has 2 amide bonds. The Morgan fingerprint density at radius 2 is 1.43 bits per heavy atom. The van der Waals surface area contributed by atoms with Crippen LogP contribution < -0.4 is 19.5 Å². The Labute approximate surface area is 165 Å². The first kappa shape index (κ1) is 21.1. The Hall–Kier alpha value is -3.22. The topological polar surface area (TPSA) is 77.1 Å². The predicted molar refractivity (Wildman–Crippen MR) is 106 cm³/mol. The molecule has 0 aliphatic carbocycles. The zero-order valence-electron chi connectivity index (χ0n) is 16.6. The summed E-state index contributed by atoms with van der Waals surface area (Å²) in [7, 11) is 4.72. The number of nitrogens with one attached hydrogen (secondary N) is 1. The number of nitrogens with zero attached hydrogens (tertiary/aromatic N) is 1. The normalized spacial score (nSPS) is 11.3. The van der Waals surface area contributed by atoms with Gasteiger partial charge in [-0.05, 0) is 48.9 Å². The number of hydrogen-bond donors (Lipinski definition) is 1. The molecular weight excluding hydrogens is 360 g/mol. The highest BCUT2D eigenvalue weighted by molar-refractivity contribution is 5.87. The number of likely N-dealkylation sites (N-methyl/N-ethyl adjacent to an activating group) is 1. The lowest BCUT2D eigenvalue weighted by molar-refractivity contribution is -0.142. The molecule has 7 nitrogen and oxygen atoms in total. The van der Waals surface area contributed by atoms with Crippen molar-refractivity contribution in [3.05, 3.63) is 54.1 Å². The van der Waals surface area contributed by atoms with E-state index >= 15 is 0 Å². The summed E-state index contributed by atoms with van der Waals surface area (Å²) in [6.07, 6.45) is 0. The summed E-state index contributed by atoms with van der Waals surface area (Å²) in [6.45, 7) is 1.79. The molecule has 0 aliphatic rings. The van der Waals surface area contributed by atoms with E-state index in [0.29, 0.717) is 11.5 Å². The average molecular weight is 386 g/mol. The van der Waals surface area contributed by atoms with Gasteiger partial charge in [-0.2, -0.15) is 0 Å². The third kappa shape index (κ3) is 5.64. The Kier molecular flexibility index (Phi) is 7.68. The lowest BCUT2D eigenvalue weighted by Crippen LogP contribution is -2.48. The molecule has 0 radical (unpaired) electrons. The van der Waals surface area contributed by atoms with E-state index in [-0.39, 0.29) is 25.0 Å². The molecular formula is C21H26N2O5. The fraction of sp³-hybridized carbons (Fsp3) is 0.333. The Balaban J connectivity index is 2.09. The Bertz CT molecular complexity index is 774. The fourth-order valence-electron chi connectivity index (χ4n) is 2.62. The van der Waals surface area contributed by atoms with Crippen molar-refractivity contribution in [1.29, 1.82) is 0 Å². The molecule has 0 saturated heterocycles. The highest BCUT2D eigenvalue weighted by atomic mass is 16.5. The van der Waals surface area contributed by atoms with Gasteiger partial charge in [0, 0.05) is 13.6 Å². The molecule has 1 N–H and O–H groups in total. The van der Waals surface area contributed by atoms with Gasteiger partial charge in [-0.3, -0.25) is 9.59 Å². The Morgan fingerprint density at radius 3 is 1.93 bits per heavy atom. The van der Waals surface area contributed by atoms with Crippen LogP contribution >= 0.6 is 0 Å². The minimum absolute atomic E-state index is 0.177. The lowest BCUT2D eigenvalue weighted by atomic mass is 10.1. The number of hydrogen-bond acceptors (Lipinski definition) is 5. The first-order chi connectivity index (χ1) is 13.5. The van der Waals surface area contributed by atoms with Crippen LogP contribution in [0.1, 0.15) is 12.5 Å². The van der Waals surface area contributed by atoms with E-state index in [0.717, 1.165) is 11.3 Å². The molecule has 0 fully saturated rings. The molecule has 2 aromatic carbocycles. The number of benzene rings is 2. The third-order valence-electron chi connectivity index (χ3n) is 4.35. The van der Waals surface area contributed by atoms with Crippen molar-refractivity contribution in [3.8, 4) is 17.2 Å². The molecule has 0 aliphatic heterocycles. The molecule has 28 heavy (non-hydrogen) atoms. The monoisotopic (exact) mass is 386 g/mol. The van der Waals surface area contributed by atoms with Gasteiger partial charge in [0.1, 0.15) is 23.3 Å². The quantitative estimate of drug-likeness (QED) is 0.715. The van der Waals surface area contributed by atoms with Crippen molar-refractivity contribution in [3.63, 3.8) is 0 Å². The van der Waals surface area contributed by atoms with Crippen molar-refractivity contribution in [2.75, 3.05) is 27.9 Å². The SMILES string of the molecule is CNC(=O)[C@@H](C)N(Cc1ccc(OC)cc1)C(=O)COc1ccc(OC)cc1. The summed E-state index contributed by atoms with van der Waals surface area (Å²) in [5, 5.41) is 2.58. The first-order valence-corrected chi connectivity index (χ1v) is 8.89. The molecule has 0 unspecified atom stereocenters. The van der Waals surface area contributed by atoms with Crippen LogP contribution in [0.4, 0.5) is 0 Å². The summed E-state index contributed by atoms with van der Waals surface area (Å²) in [4.78, 5) is 26.4. The van der Waals surface area contributed by atoms with Gasteiger partial charge in [-0.1, -0.05) is 12.1 Å². The zero-order valence-corrected chi connectivity index (χ0v) is 16.6. The van der Waals surface area contributed by atoms with Crippen molar-refractivity contribution in [1.82, 2.24) is 10.2 Å². The van der Waals surface area contributed by atoms with Crippen LogP contribution in [0.3, 0.4) is 0 Å². The maximum atomic E-state index is 12.8. The summed E-state index contributed by atoms with van der Waals surface area (Å²) < 4.78 is 15.8. The first-order valence-electron chi connectivity index (χ1n) is 8.89. The standard InChI is InChI=1S/C21H26N2O5/c1-15(21(25)22-2)23(13-16-5-7-17(26-3)8-6-16)20(24)14-28-19-11-9-18(27-4)10-12-19/h5-12,15H,13-14H2,1-4H3,(H,22,25)/t15-/m1/s1. The largest absolute Gasteiger partial charge is 0.497 e. The lowest BCUT2D eigenvalue weighted by Gasteiger charge is -2.28. The maximum Gasteiger partial charge on any atom is 0.261 e. The van der Waals surface area contributed by atoms with E-state index in [9.17, 15) is 9.59 Å². The van der Waals surface area contributed by atoms with Crippen LogP contribution in [-0.4, -0.2) is 50.6 Å². The molecule has 150 valence electrons. The van der Waals surface area contributed by atoms with Gasteiger partial charge in [-0.15, -0.1) is 0 Å². The van der Waals surface area contributed by atoms with E-state index in [2.05, 4.69) is 5.32 Å². The number of carbonyl (C=O) groups is 2. The molecule has 0 saturated carbocycles. The molecule has 0 aromatic heterocycles. The number of rotatable bonds is 9. The van der Waals surface area contributed by atoms with E-state index in [1.165, 1.54) is 4.90 Å². The number of methoxy groups -OCH3 is 2. The van der Waals surface area contributed by atoms with Crippen LogP contribution in [-0.2, 0) is 16.1 Å². The predicted octanol–water partition coefficient (Wildman–Crippen LogP) is 2.25. The minimum atomic E-state index is -0.640. The van der Waals surface area contributed by atoms with Gasteiger partial charge >= 0.3 is 0 Å². The smallest absolute Gasteiger partial charge is 0.261 e. The second-order valence-electron chi connectivity index (χ2n) is 6.12. The molecule has 1 atom stereocenters. The highest BCUT2D eigenvalue weighted by Crippen LogP contribution is 2.18. The van der Waals surface area contributed by atoms with E-state index in [1.807, 2.05) is 24.3 Å². The highest BCUT2D eigenvalue weighted by Gasteiger charge is 2.25. The van der Waals surface area contributed by atoms with E-state index in [4.69, 9.17) is 14.2 Å². The number of carbonyl (C=O) groups excluding carboxylic acids is 2. The van der Waals surface area contributed by atoms with Gasteiger partial charge in [0.2, 0.25) is 5.91 Å². The van der Waals surface area contributed by atoms with Crippen LogP contribution in [0.2, 0.25) is 0 Å². The van der Waals surface area contributed by atoms with Crippen molar-refractivity contribution in [2.24, 2.45) is 0 Å². The third-order valence-corrected chi connectivity index (χ3v) is 4.35. The fourth-order valence-corrected chi connectivity index (χ4v) is 2.62. The summed E-state index contributed by atoms with van der Waals surface area (Å²) in [6, 6.07) is 13.7. The van der Waals surface area contributed by atoms with Gasteiger partial charge in [0.15, 0.2) is 6.61 Å². The van der Waals surface area contributed by atoms with Gasteiger partial charge < -0.3 is 24.4 Å². The summed E-state index contributed by atoms with van der Waals surface area (Å²) >= 11 is 0. The van der Waals surface area contributed by atoms with Crippen LogP contribution in [0.25, 0.3) is 0 Å².